The number of pyridine rings is 1. The molecule has 1 fully saturated rings. The summed E-state index contributed by atoms with van der Waals surface area (Å²) >= 11 is 0. The van der Waals surface area contributed by atoms with Crippen LogP contribution in [0.3, 0.4) is 0 Å². The first-order valence-corrected chi connectivity index (χ1v) is 11.7. The van der Waals surface area contributed by atoms with Crippen LogP contribution in [-0.4, -0.2) is 48.4 Å². The van der Waals surface area contributed by atoms with Gasteiger partial charge in [-0.2, -0.15) is 4.39 Å². The lowest BCUT2D eigenvalue weighted by molar-refractivity contribution is 0.209. The van der Waals surface area contributed by atoms with E-state index in [9.17, 15) is 8.78 Å². The van der Waals surface area contributed by atoms with Gasteiger partial charge in [0.05, 0.1) is 17.6 Å². The summed E-state index contributed by atoms with van der Waals surface area (Å²) in [5.74, 6) is -1.17. The van der Waals surface area contributed by atoms with Gasteiger partial charge in [-0.15, -0.1) is 0 Å². The Bertz CT molecular complexity index is 1310. The minimum Gasteiger partial charge on any atom is -0.383 e. The Morgan fingerprint density at radius 1 is 0.971 bits per heavy atom. The molecule has 0 spiro atoms. The van der Waals surface area contributed by atoms with Gasteiger partial charge < -0.3 is 16.0 Å². The van der Waals surface area contributed by atoms with Crippen molar-refractivity contribution in [2.75, 3.05) is 36.8 Å². The Morgan fingerprint density at radius 3 is 2.37 bits per heavy atom. The Balaban J connectivity index is 1.45. The number of nitrogens with two attached hydrogens (primary N) is 1. The number of aliphatic imine (C=N–C) groups is 1. The standard InChI is InChI=1S/C27H28F2N6/c1-16(2)34-8-10-35(11-9-34)20-6-4-18(5-7-20)21-14-22(27(30)33-26(21)29)19-12-23(28)25-17(3)31-15-32-24(25)13-19/h4-7,12-16H,3,8-11H2,1-2H3,(H2,30,33)(H,31,32). The van der Waals surface area contributed by atoms with E-state index in [0.717, 1.165) is 31.9 Å². The maximum Gasteiger partial charge on any atom is 0.222 e. The summed E-state index contributed by atoms with van der Waals surface area (Å²) in [4.78, 5) is 12.9. The van der Waals surface area contributed by atoms with Crippen molar-refractivity contribution in [3.05, 3.63) is 66.4 Å². The fraction of sp³-hybridized carbons (Fsp3) is 0.259. The van der Waals surface area contributed by atoms with Gasteiger partial charge in [0.25, 0.3) is 0 Å². The molecule has 6 nitrogen and oxygen atoms in total. The van der Waals surface area contributed by atoms with Crippen LogP contribution >= 0.6 is 0 Å². The van der Waals surface area contributed by atoms with Gasteiger partial charge in [0.1, 0.15) is 11.6 Å². The fourth-order valence-electron chi connectivity index (χ4n) is 4.69. The molecular formula is C27H28F2N6. The maximum absolute atomic E-state index is 14.9. The lowest BCUT2D eigenvalue weighted by Gasteiger charge is -2.38. The molecule has 3 N–H and O–H groups in total. The van der Waals surface area contributed by atoms with Crippen molar-refractivity contribution >= 4 is 29.2 Å². The number of hydrogen-bond donors (Lipinski definition) is 2. The molecule has 0 unspecified atom stereocenters. The zero-order valence-corrected chi connectivity index (χ0v) is 19.9. The minimum absolute atomic E-state index is 0.0121. The third-order valence-corrected chi connectivity index (χ3v) is 6.72. The molecule has 3 aromatic rings. The van der Waals surface area contributed by atoms with E-state index < -0.39 is 11.8 Å². The molecule has 0 aliphatic carbocycles. The van der Waals surface area contributed by atoms with Crippen LogP contribution in [0.5, 0.6) is 0 Å². The molecule has 2 aliphatic rings. The summed E-state index contributed by atoms with van der Waals surface area (Å²) in [6.07, 6.45) is 1.45. The zero-order valence-electron chi connectivity index (χ0n) is 19.9. The smallest absolute Gasteiger partial charge is 0.222 e. The number of nitrogens with one attached hydrogen (secondary N) is 1. The number of nitrogens with zero attached hydrogens (tertiary/aromatic N) is 4. The average Bonchev–Trinajstić information content (AvgIpc) is 2.84. The zero-order chi connectivity index (χ0) is 24.7. The van der Waals surface area contributed by atoms with Crippen molar-refractivity contribution in [2.45, 2.75) is 19.9 Å². The molecule has 0 bridgehead atoms. The van der Waals surface area contributed by atoms with E-state index in [1.807, 2.05) is 24.3 Å². The maximum atomic E-state index is 14.9. The van der Waals surface area contributed by atoms with Crippen molar-refractivity contribution in [1.82, 2.24) is 15.2 Å². The summed E-state index contributed by atoms with van der Waals surface area (Å²) in [6, 6.07) is 13.0. The van der Waals surface area contributed by atoms with Crippen molar-refractivity contribution in [1.29, 1.82) is 0 Å². The van der Waals surface area contributed by atoms with Crippen molar-refractivity contribution < 1.29 is 8.78 Å². The first kappa shape index (κ1) is 23.0. The van der Waals surface area contributed by atoms with Crippen LogP contribution in [0.1, 0.15) is 19.4 Å². The van der Waals surface area contributed by atoms with Crippen LogP contribution in [0.15, 0.2) is 54.0 Å². The van der Waals surface area contributed by atoms with Gasteiger partial charge in [0.2, 0.25) is 5.95 Å². The van der Waals surface area contributed by atoms with E-state index in [2.05, 4.69) is 45.5 Å². The highest BCUT2D eigenvalue weighted by Crippen LogP contribution is 2.38. The summed E-state index contributed by atoms with van der Waals surface area (Å²) in [6.45, 7) is 12.2. The SMILES string of the molecule is C=C1NC=Nc2cc(-c3cc(-c4ccc(N5CCN(C(C)C)CC5)cc4)c(F)nc3N)cc(F)c21. The Morgan fingerprint density at radius 2 is 1.69 bits per heavy atom. The lowest BCUT2D eigenvalue weighted by Crippen LogP contribution is -2.48. The molecule has 0 atom stereocenters. The van der Waals surface area contributed by atoms with E-state index in [-0.39, 0.29) is 5.82 Å². The number of benzene rings is 2. The normalized spacial score (nSPS) is 15.9. The molecule has 1 saturated heterocycles. The van der Waals surface area contributed by atoms with Gasteiger partial charge in [-0.3, -0.25) is 4.90 Å². The largest absolute Gasteiger partial charge is 0.383 e. The highest BCUT2D eigenvalue weighted by molar-refractivity contribution is 5.90. The highest BCUT2D eigenvalue weighted by atomic mass is 19.1. The van der Waals surface area contributed by atoms with Crippen LogP contribution in [0.4, 0.5) is 26.0 Å². The number of halogens is 2. The second-order valence-corrected chi connectivity index (χ2v) is 9.16. The number of aromatic nitrogens is 1. The third kappa shape index (κ3) is 4.37. The quantitative estimate of drug-likeness (QED) is 0.519. The van der Waals surface area contributed by atoms with Crippen molar-refractivity contribution in [3.63, 3.8) is 0 Å². The average molecular weight is 475 g/mol. The first-order chi connectivity index (χ1) is 16.8. The second kappa shape index (κ2) is 9.11. The van der Waals surface area contributed by atoms with Crippen LogP contribution in [0, 0.1) is 11.8 Å². The Hall–Kier alpha value is -3.78. The minimum atomic E-state index is -0.668. The molecule has 35 heavy (non-hydrogen) atoms. The summed E-state index contributed by atoms with van der Waals surface area (Å²) < 4.78 is 29.8. The van der Waals surface area contributed by atoms with Gasteiger partial charge in [-0.25, -0.2) is 14.4 Å². The molecule has 1 aromatic heterocycles. The number of fused-ring (bicyclic) bond motifs is 1. The van der Waals surface area contributed by atoms with Crippen LogP contribution in [0.2, 0.25) is 0 Å². The van der Waals surface area contributed by atoms with Gasteiger partial charge in [-0.1, -0.05) is 18.7 Å². The number of anilines is 2. The Kier molecular flexibility index (Phi) is 5.98. The van der Waals surface area contributed by atoms with Gasteiger partial charge in [0.15, 0.2) is 0 Å². The van der Waals surface area contributed by atoms with Crippen LogP contribution in [-0.2, 0) is 0 Å². The van der Waals surface area contributed by atoms with Gasteiger partial charge >= 0.3 is 0 Å². The number of piperazine rings is 1. The highest BCUT2D eigenvalue weighted by Gasteiger charge is 2.21. The molecule has 3 heterocycles. The van der Waals surface area contributed by atoms with E-state index >= 15 is 0 Å². The van der Waals surface area contributed by atoms with E-state index in [0.29, 0.717) is 45.2 Å². The predicted molar refractivity (Wildman–Crippen MR) is 139 cm³/mol. The monoisotopic (exact) mass is 474 g/mol. The number of rotatable bonds is 4. The molecule has 5 rings (SSSR count). The fourth-order valence-corrected chi connectivity index (χ4v) is 4.69. The second-order valence-electron chi connectivity index (χ2n) is 9.16. The molecule has 0 radical (unpaired) electrons. The van der Waals surface area contributed by atoms with Gasteiger partial charge in [0, 0.05) is 54.7 Å². The third-order valence-electron chi connectivity index (χ3n) is 6.72. The molecule has 2 aromatic carbocycles. The van der Waals surface area contributed by atoms with Crippen molar-refractivity contribution in [2.24, 2.45) is 4.99 Å². The van der Waals surface area contributed by atoms with Crippen molar-refractivity contribution in [3.8, 4) is 22.3 Å². The van der Waals surface area contributed by atoms with E-state index in [4.69, 9.17) is 5.73 Å². The van der Waals surface area contributed by atoms with E-state index in [1.165, 1.54) is 12.4 Å². The lowest BCUT2D eigenvalue weighted by atomic mass is 9.97. The number of nitrogen functional groups attached to an aromatic ring is 1. The molecule has 180 valence electrons. The van der Waals surface area contributed by atoms with Crippen LogP contribution in [0.25, 0.3) is 28.0 Å². The van der Waals surface area contributed by atoms with E-state index in [1.54, 1.807) is 12.1 Å². The van der Waals surface area contributed by atoms with Crippen LogP contribution < -0.4 is 16.0 Å². The topological polar surface area (TPSA) is 69.8 Å². The first-order valence-electron chi connectivity index (χ1n) is 11.7. The molecule has 2 aliphatic heterocycles. The van der Waals surface area contributed by atoms with Gasteiger partial charge in [-0.05, 0) is 55.3 Å². The number of hydrogen-bond acceptors (Lipinski definition) is 6. The molecule has 0 amide bonds. The molecular weight excluding hydrogens is 446 g/mol. The Labute approximate surface area is 203 Å². The summed E-state index contributed by atoms with van der Waals surface area (Å²) in [5, 5.41) is 2.80. The molecule has 8 heteroatoms. The summed E-state index contributed by atoms with van der Waals surface area (Å²) in [7, 11) is 0. The predicted octanol–water partition coefficient (Wildman–Crippen LogP) is 5.04. The molecule has 0 saturated carbocycles. The summed E-state index contributed by atoms with van der Waals surface area (Å²) in [5.41, 5.74) is 10.2.